The van der Waals surface area contributed by atoms with Gasteiger partial charge in [-0.05, 0) is 68.1 Å². The van der Waals surface area contributed by atoms with Gasteiger partial charge in [0, 0.05) is 33.5 Å². The van der Waals surface area contributed by atoms with E-state index in [-0.39, 0.29) is 64.3 Å². The van der Waals surface area contributed by atoms with Gasteiger partial charge in [0.1, 0.15) is 25.9 Å². The number of halogens is 3. The molecule has 0 amide bonds. The van der Waals surface area contributed by atoms with Crippen molar-refractivity contribution in [1.82, 2.24) is 0 Å². The van der Waals surface area contributed by atoms with Crippen molar-refractivity contribution in [3.05, 3.63) is 193 Å². The number of benzene rings is 8. The van der Waals surface area contributed by atoms with E-state index in [0.29, 0.717) is 42.8 Å². The van der Waals surface area contributed by atoms with Crippen LogP contribution < -0.4 is 43.8 Å². The van der Waals surface area contributed by atoms with E-state index in [1.807, 2.05) is 24.3 Å². The Morgan fingerprint density at radius 3 is 1.00 bits per heavy atom. The molecule has 8 rings (SSSR count). The van der Waals surface area contributed by atoms with Gasteiger partial charge in [-0.3, -0.25) is 0 Å². The maximum absolute atomic E-state index is 15.2. The topological polar surface area (TPSA) is 80.3 Å². The second-order valence-corrected chi connectivity index (χ2v) is 19.0. The van der Waals surface area contributed by atoms with Crippen molar-refractivity contribution in [2.75, 3.05) is 0 Å². The molecule has 0 saturated heterocycles. The van der Waals surface area contributed by atoms with Gasteiger partial charge in [0.25, 0.3) is 0 Å². The van der Waals surface area contributed by atoms with Crippen LogP contribution in [0.2, 0.25) is 0 Å². The Morgan fingerprint density at radius 2 is 0.714 bits per heavy atom. The van der Waals surface area contributed by atoms with Crippen LogP contribution in [0.3, 0.4) is 0 Å². The zero-order valence-corrected chi connectivity index (χ0v) is 33.5. The summed E-state index contributed by atoms with van der Waals surface area (Å²) in [5.74, 6) is -2.20. The summed E-state index contributed by atoms with van der Waals surface area (Å²) in [7, 11) is -7.01. The summed E-state index contributed by atoms with van der Waals surface area (Å²) in [6.07, 6.45) is -0.395. The fourth-order valence-corrected chi connectivity index (χ4v) is 12.8. The van der Waals surface area contributed by atoms with Crippen LogP contribution in [0.4, 0.5) is 8.78 Å². The second-order valence-electron chi connectivity index (χ2n) is 13.3. The summed E-state index contributed by atoms with van der Waals surface area (Å²) in [6.45, 7) is 0. The van der Waals surface area contributed by atoms with E-state index in [2.05, 4.69) is 0 Å². The fraction of sp³-hybridized carbons (Fsp3) is 0.0435. The van der Waals surface area contributed by atoms with E-state index in [1.54, 1.807) is 109 Å². The molecular weight excluding hydrogens is 779 g/mol. The zero-order chi connectivity index (χ0) is 37.5. The van der Waals surface area contributed by atoms with E-state index < -0.39 is 37.4 Å². The van der Waals surface area contributed by atoms with E-state index >= 15 is 19.3 Å². The van der Waals surface area contributed by atoms with Gasteiger partial charge in [-0.2, -0.15) is 0 Å². The molecule has 0 aliphatic rings. The van der Waals surface area contributed by atoms with Gasteiger partial charge >= 0.3 is 17.4 Å². The quantitative estimate of drug-likeness (QED) is 0.138. The van der Waals surface area contributed by atoms with Gasteiger partial charge in [0.15, 0.2) is 0 Å². The van der Waals surface area contributed by atoms with Crippen molar-refractivity contribution in [1.29, 1.82) is 0 Å². The Hall–Kier alpha value is -4.98. The van der Waals surface area contributed by atoms with Crippen molar-refractivity contribution in [2.45, 2.75) is 12.3 Å². The Labute approximate surface area is 340 Å². The standard InChI is InChI=1S/C46H34F2O4P2.Al.ClH/c47-35-21-23-41-31(27-35)25-33(29-53(51,37-13-5-1-6-14-37)38-15-7-2-8-16-38)45(49)43(41)44-42-24-22-36(48)28-32(42)26-34(46(44)50)30-54(52,39-17-9-3-10-18-39)40-19-11-4-12-20-40;;/h1-28,49-50H,29-30H2;;1H/q;+3;/p-3. The Kier molecular flexibility index (Phi) is 12.1. The minimum atomic E-state index is -3.50. The molecule has 0 saturated carbocycles. The molecule has 0 atom stereocenters. The van der Waals surface area contributed by atoms with Crippen LogP contribution in [-0.4, -0.2) is 17.4 Å². The summed E-state index contributed by atoms with van der Waals surface area (Å²) < 4.78 is 60.4. The minimum Gasteiger partial charge on any atom is -1.00 e. The normalized spacial score (nSPS) is 11.5. The second kappa shape index (κ2) is 16.6. The van der Waals surface area contributed by atoms with E-state index in [0.717, 1.165) is 0 Å². The van der Waals surface area contributed by atoms with Crippen LogP contribution in [0.15, 0.2) is 170 Å². The minimum absolute atomic E-state index is 0. The largest absolute Gasteiger partial charge is 3.00 e. The smallest absolute Gasteiger partial charge is 1.00 e. The molecule has 0 heterocycles. The first-order valence-corrected chi connectivity index (χ1v) is 21.2. The molecule has 4 nitrogen and oxygen atoms in total. The summed E-state index contributed by atoms with van der Waals surface area (Å²) in [5, 5.41) is 33.5. The third-order valence-electron chi connectivity index (χ3n) is 9.99. The van der Waals surface area contributed by atoms with Crippen LogP contribution in [-0.2, 0) is 21.5 Å². The number of hydrogen-bond acceptors (Lipinski definition) is 4. The predicted octanol–water partition coefficient (Wildman–Crippen LogP) is 5.74. The third kappa shape index (κ3) is 7.47. The maximum atomic E-state index is 15.2. The average molecular weight is 811 g/mol. The number of rotatable bonds is 9. The molecule has 0 aliphatic heterocycles. The van der Waals surface area contributed by atoms with E-state index in [9.17, 15) is 8.78 Å². The number of fused-ring (bicyclic) bond motifs is 2. The molecule has 8 aromatic rings. The van der Waals surface area contributed by atoms with Gasteiger partial charge in [-0.15, -0.1) is 0 Å². The van der Waals surface area contributed by atoms with Crippen molar-refractivity contribution < 1.29 is 40.5 Å². The molecule has 0 unspecified atom stereocenters. The van der Waals surface area contributed by atoms with Crippen LogP contribution in [0.5, 0.6) is 11.5 Å². The summed E-state index contributed by atoms with van der Waals surface area (Å²) in [5.41, 5.74) is 0.262. The first-order valence-electron chi connectivity index (χ1n) is 17.4. The monoisotopic (exact) mass is 810 g/mol. The Balaban J connectivity index is 0.00000266. The molecule has 0 aromatic heterocycles. The van der Waals surface area contributed by atoms with Gasteiger partial charge in [0.2, 0.25) is 0 Å². The predicted molar refractivity (Wildman–Crippen MR) is 218 cm³/mol. The molecular formula is C46H32AlClF2O4P2. The molecule has 10 heteroatoms. The zero-order valence-electron chi connectivity index (χ0n) is 29.8. The molecule has 0 N–H and O–H groups in total. The van der Waals surface area contributed by atoms with Crippen LogP contribution >= 0.6 is 14.3 Å². The Bertz CT molecular complexity index is 2490. The molecule has 274 valence electrons. The SMILES string of the molecule is O=P(Cc1cc2cc(F)ccc2c(-c2c([O-])c(CP(=O)(c3ccccc3)c3ccccc3)cc3cc(F)ccc23)c1[O-])(c1ccccc1)c1ccccc1.[Al+3].[Cl-]. The fourth-order valence-electron chi connectivity index (χ4n) is 7.38. The molecule has 0 radical (unpaired) electrons. The Morgan fingerprint density at radius 1 is 0.429 bits per heavy atom. The summed E-state index contributed by atoms with van der Waals surface area (Å²) in [4.78, 5) is 0. The van der Waals surface area contributed by atoms with Gasteiger partial charge in [-0.1, -0.05) is 157 Å². The van der Waals surface area contributed by atoms with Crippen molar-refractivity contribution in [3.63, 3.8) is 0 Å². The van der Waals surface area contributed by atoms with Crippen LogP contribution in [0, 0.1) is 11.6 Å². The van der Waals surface area contributed by atoms with Crippen molar-refractivity contribution >= 4 is 74.4 Å². The molecule has 8 aromatic carbocycles. The van der Waals surface area contributed by atoms with Crippen LogP contribution in [0.1, 0.15) is 11.1 Å². The molecule has 0 spiro atoms. The number of hydrogen-bond donors (Lipinski definition) is 0. The van der Waals surface area contributed by atoms with Gasteiger partial charge < -0.3 is 31.8 Å². The van der Waals surface area contributed by atoms with E-state index in [4.69, 9.17) is 0 Å². The summed E-state index contributed by atoms with van der Waals surface area (Å²) in [6, 6.07) is 46.7. The van der Waals surface area contributed by atoms with Gasteiger partial charge in [0.05, 0.1) is 0 Å². The van der Waals surface area contributed by atoms with Crippen LogP contribution in [0.25, 0.3) is 32.7 Å². The van der Waals surface area contributed by atoms with Gasteiger partial charge in [-0.25, -0.2) is 8.78 Å². The molecule has 0 fully saturated rings. The maximum Gasteiger partial charge on any atom is 3.00 e. The molecule has 0 bridgehead atoms. The summed E-state index contributed by atoms with van der Waals surface area (Å²) >= 11 is 0. The van der Waals surface area contributed by atoms with Crippen molar-refractivity contribution in [3.8, 4) is 22.6 Å². The first-order chi connectivity index (χ1) is 26.2. The van der Waals surface area contributed by atoms with Crippen molar-refractivity contribution in [2.24, 2.45) is 0 Å². The average Bonchev–Trinajstić information content (AvgIpc) is 3.20. The first kappa shape index (κ1) is 40.7. The third-order valence-corrected chi connectivity index (χ3v) is 16.1. The molecule has 0 aliphatic carbocycles. The van der Waals surface area contributed by atoms with E-state index in [1.165, 1.54) is 36.4 Å². The molecule has 56 heavy (non-hydrogen) atoms.